The lowest BCUT2D eigenvalue weighted by Gasteiger charge is -2.45. The molecule has 1 aliphatic carbocycles. The summed E-state index contributed by atoms with van der Waals surface area (Å²) >= 11 is 5.95. The van der Waals surface area contributed by atoms with E-state index in [2.05, 4.69) is 5.32 Å². The number of benzene rings is 1. The average molecular weight is 284 g/mol. The zero-order valence-electron chi connectivity index (χ0n) is 11.1. The summed E-state index contributed by atoms with van der Waals surface area (Å²) in [6.45, 7) is 2.60. The Kier molecular flexibility index (Phi) is 4.32. The van der Waals surface area contributed by atoms with Gasteiger partial charge in [0.2, 0.25) is 0 Å². The molecular weight excluding hydrogens is 266 g/mol. The van der Waals surface area contributed by atoms with Crippen LogP contribution in [0, 0.1) is 0 Å². The van der Waals surface area contributed by atoms with Gasteiger partial charge in [0.1, 0.15) is 5.54 Å². The molecule has 0 heterocycles. The summed E-state index contributed by atoms with van der Waals surface area (Å²) in [5, 5.41) is 3.86. The maximum Gasteiger partial charge on any atom is 0.331 e. The number of hydrogen-bond donors (Lipinski definition) is 1. The van der Waals surface area contributed by atoms with Gasteiger partial charge in [-0.1, -0.05) is 17.7 Å². The van der Waals surface area contributed by atoms with Crippen molar-refractivity contribution in [3.63, 3.8) is 0 Å². The van der Waals surface area contributed by atoms with Crippen molar-refractivity contribution in [2.45, 2.75) is 31.4 Å². The predicted molar refractivity (Wildman–Crippen MR) is 74.5 cm³/mol. The second kappa shape index (κ2) is 5.80. The van der Waals surface area contributed by atoms with Crippen LogP contribution in [0.2, 0.25) is 5.02 Å². The molecule has 0 radical (unpaired) electrons. The monoisotopic (exact) mass is 283 g/mol. The molecule has 2 rings (SSSR count). The zero-order chi connectivity index (χ0) is 13.9. The van der Waals surface area contributed by atoms with Crippen molar-refractivity contribution in [1.82, 2.24) is 0 Å². The van der Waals surface area contributed by atoms with Crippen LogP contribution >= 0.6 is 11.6 Å². The number of nitrogens with one attached hydrogen (secondary N) is 1. The van der Waals surface area contributed by atoms with Crippen LogP contribution in [-0.4, -0.2) is 31.3 Å². The Labute approximate surface area is 118 Å². The molecule has 19 heavy (non-hydrogen) atoms. The quantitative estimate of drug-likeness (QED) is 0.844. The van der Waals surface area contributed by atoms with Gasteiger partial charge in [0.15, 0.2) is 0 Å². The van der Waals surface area contributed by atoms with Gasteiger partial charge >= 0.3 is 5.97 Å². The summed E-state index contributed by atoms with van der Waals surface area (Å²) < 4.78 is 10.4. The highest BCUT2D eigenvalue weighted by atomic mass is 35.5. The molecule has 0 aromatic heterocycles. The van der Waals surface area contributed by atoms with Gasteiger partial charge in [-0.3, -0.25) is 0 Å². The van der Waals surface area contributed by atoms with Crippen molar-refractivity contribution in [3.05, 3.63) is 29.3 Å². The highest BCUT2D eigenvalue weighted by Crippen LogP contribution is 2.39. The summed E-state index contributed by atoms with van der Waals surface area (Å²) in [5.41, 5.74) is 0.118. The van der Waals surface area contributed by atoms with E-state index in [0.717, 1.165) is 5.69 Å². The highest BCUT2D eigenvalue weighted by molar-refractivity contribution is 6.30. The zero-order valence-corrected chi connectivity index (χ0v) is 11.9. The molecule has 1 aromatic rings. The molecular formula is C14H18ClNO3. The van der Waals surface area contributed by atoms with Gasteiger partial charge in [-0.15, -0.1) is 0 Å². The van der Waals surface area contributed by atoms with Crippen molar-refractivity contribution < 1.29 is 14.3 Å². The smallest absolute Gasteiger partial charge is 0.331 e. The van der Waals surface area contributed by atoms with E-state index in [4.69, 9.17) is 21.1 Å². The van der Waals surface area contributed by atoms with Gasteiger partial charge in [0.25, 0.3) is 0 Å². The largest absolute Gasteiger partial charge is 0.467 e. The summed E-state index contributed by atoms with van der Waals surface area (Å²) in [5.74, 6) is -0.261. The maximum atomic E-state index is 12.0. The summed E-state index contributed by atoms with van der Waals surface area (Å²) in [4.78, 5) is 12.0. The normalized spacial score (nSPS) is 25.5. The van der Waals surface area contributed by atoms with Crippen molar-refractivity contribution in [2.24, 2.45) is 0 Å². The van der Waals surface area contributed by atoms with Gasteiger partial charge in [-0.05, 0) is 25.1 Å². The third kappa shape index (κ3) is 3.01. The highest BCUT2D eigenvalue weighted by Gasteiger charge is 2.52. The first-order valence-corrected chi connectivity index (χ1v) is 6.71. The van der Waals surface area contributed by atoms with E-state index >= 15 is 0 Å². The summed E-state index contributed by atoms with van der Waals surface area (Å²) in [6.07, 6.45) is 1.33. The second-order valence-electron chi connectivity index (χ2n) is 4.69. The minimum absolute atomic E-state index is 0.107. The molecule has 0 bridgehead atoms. The van der Waals surface area contributed by atoms with Crippen LogP contribution in [0.5, 0.6) is 0 Å². The SMILES string of the molecule is CCOC1CC(Nc2cccc(Cl)c2)(C(=O)OC)C1. The standard InChI is InChI=1S/C14H18ClNO3/c1-3-19-12-8-14(9-12,13(17)18-2)16-11-6-4-5-10(15)7-11/h4-7,12,16H,3,8-9H2,1-2H3. The Balaban J connectivity index is 2.10. The third-order valence-electron chi connectivity index (χ3n) is 3.34. The predicted octanol–water partition coefficient (Wildman–Crippen LogP) is 2.86. The van der Waals surface area contributed by atoms with E-state index in [1.165, 1.54) is 7.11 Å². The molecule has 0 aliphatic heterocycles. The summed E-state index contributed by atoms with van der Waals surface area (Å²) in [7, 11) is 1.40. The Morgan fingerprint density at radius 3 is 2.84 bits per heavy atom. The molecule has 1 saturated carbocycles. The van der Waals surface area contributed by atoms with E-state index in [-0.39, 0.29) is 12.1 Å². The molecule has 0 amide bonds. The maximum absolute atomic E-state index is 12.0. The van der Waals surface area contributed by atoms with Gasteiger partial charge in [-0.25, -0.2) is 4.79 Å². The number of ether oxygens (including phenoxy) is 2. The Morgan fingerprint density at radius 1 is 1.53 bits per heavy atom. The van der Waals surface area contributed by atoms with E-state index in [1.54, 1.807) is 12.1 Å². The van der Waals surface area contributed by atoms with Crippen LogP contribution in [-0.2, 0) is 14.3 Å². The molecule has 0 unspecified atom stereocenters. The number of halogens is 1. The Bertz CT molecular complexity index is 458. The second-order valence-corrected chi connectivity index (χ2v) is 5.13. The molecule has 4 nitrogen and oxygen atoms in total. The molecule has 1 N–H and O–H groups in total. The lowest BCUT2D eigenvalue weighted by Crippen LogP contribution is -2.59. The van der Waals surface area contributed by atoms with Gasteiger partial charge < -0.3 is 14.8 Å². The molecule has 1 fully saturated rings. The fourth-order valence-electron chi connectivity index (χ4n) is 2.43. The van der Waals surface area contributed by atoms with Gasteiger partial charge in [-0.2, -0.15) is 0 Å². The Morgan fingerprint density at radius 2 is 2.26 bits per heavy atom. The van der Waals surface area contributed by atoms with E-state index in [0.29, 0.717) is 24.5 Å². The van der Waals surface area contributed by atoms with Gasteiger partial charge in [0.05, 0.1) is 13.2 Å². The molecule has 0 atom stereocenters. The van der Waals surface area contributed by atoms with Crippen LogP contribution in [0.4, 0.5) is 5.69 Å². The number of carbonyl (C=O) groups is 1. The first-order valence-electron chi connectivity index (χ1n) is 6.33. The van der Waals surface area contributed by atoms with Crippen LogP contribution in [0.25, 0.3) is 0 Å². The number of esters is 1. The number of anilines is 1. The third-order valence-corrected chi connectivity index (χ3v) is 3.57. The van der Waals surface area contributed by atoms with E-state index in [1.807, 2.05) is 19.1 Å². The van der Waals surface area contributed by atoms with Crippen molar-refractivity contribution in [2.75, 3.05) is 19.0 Å². The molecule has 1 aromatic carbocycles. The number of rotatable bonds is 5. The topological polar surface area (TPSA) is 47.6 Å². The lowest BCUT2D eigenvalue weighted by atomic mass is 9.74. The Hall–Kier alpha value is -1.26. The van der Waals surface area contributed by atoms with Crippen LogP contribution in [0.1, 0.15) is 19.8 Å². The molecule has 0 saturated heterocycles. The number of carbonyl (C=O) groups excluding carboxylic acids is 1. The van der Waals surface area contributed by atoms with E-state index < -0.39 is 5.54 Å². The fourth-order valence-corrected chi connectivity index (χ4v) is 2.62. The first kappa shape index (κ1) is 14.2. The molecule has 104 valence electrons. The van der Waals surface area contributed by atoms with Crippen LogP contribution in [0.3, 0.4) is 0 Å². The van der Waals surface area contributed by atoms with Crippen LogP contribution < -0.4 is 5.32 Å². The minimum atomic E-state index is -0.695. The molecule has 5 heteroatoms. The van der Waals surface area contributed by atoms with Crippen molar-refractivity contribution >= 4 is 23.3 Å². The number of hydrogen-bond acceptors (Lipinski definition) is 4. The lowest BCUT2D eigenvalue weighted by molar-refractivity contribution is -0.155. The number of methoxy groups -OCH3 is 1. The minimum Gasteiger partial charge on any atom is -0.467 e. The molecule has 1 aliphatic rings. The van der Waals surface area contributed by atoms with Crippen LogP contribution in [0.15, 0.2) is 24.3 Å². The average Bonchev–Trinajstić information content (AvgIpc) is 2.35. The van der Waals surface area contributed by atoms with Crippen molar-refractivity contribution in [3.8, 4) is 0 Å². The first-order chi connectivity index (χ1) is 9.09. The molecule has 0 spiro atoms. The van der Waals surface area contributed by atoms with E-state index in [9.17, 15) is 4.79 Å². The summed E-state index contributed by atoms with van der Waals surface area (Å²) in [6, 6.07) is 7.31. The fraction of sp³-hybridized carbons (Fsp3) is 0.500. The van der Waals surface area contributed by atoms with Gasteiger partial charge in [0, 0.05) is 30.2 Å². The van der Waals surface area contributed by atoms with Crippen molar-refractivity contribution in [1.29, 1.82) is 0 Å².